The molecule has 0 amide bonds. The number of non-ortho nitro benzene ring substituents is 1. The number of rotatable bonds is 2. The zero-order valence-electron chi connectivity index (χ0n) is 11.5. The molecule has 0 bridgehead atoms. The second kappa shape index (κ2) is 4.77. The SMILES string of the molecule is O=[N+]([O-])c1ccc2nc(-c3ccc4c(c3)CCO4)ncc2c1. The van der Waals surface area contributed by atoms with Crippen LogP contribution < -0.4 is 4.74 Å². The van der Waals surface area contributed by atoms with E-state index in [1.54, 1.807) is 12.3 Å². The normalized spacial score (nSPS) is 12.9. The fraction of sp³-hybridized carbons (Fsp3) is 0.125. The molecule has 1 aliphatic heterocycles. The number of nitrogens with zero attached hydrogens (tertiary/aromatic N) is 3. The summed E-state index contributed by atoms with van der Waals surface area (Å²) in [5, 5.41) is 11.4. The van der Waals surface area contributed by atoms with Gasteiger partial charge in [0, 0.05) is 35.7 Å². The molecule has 3 aromatic rings. The van der Waals surface area contributed by atoms with E-state index in [9.17, 15) is 10.1 Å². The van der Waals surface area contributed by atoms with Gasteiger partial charge in [0.1, 0.15) is 5.75 Å². The third-order valence-electron chi connectivity index (χ3n) is 3.72. The van der Waals surface area contributed by atoms with E-state index in [0.29, 0.717) is 23.3 Å². The van der Waals surface area contributed by atoms with Crippen molar-refractivity contribution in [2.24, 2.45) is 0 Å². The van der Waals surface area contributed by atoms with Crippen LogP contribution >= 0.6 is 0 Å². The lowest BCUT2D eigenvalue weighted by Crippen LogP contribution is -1.92. The lowest BCUT2D eigenvalue weighted by Gasteiger charge is -2.04. The van der Waals surface area contributed by atoms with Gasteiger partial charge in [-0.15, -0.1) is 0 Å². The van der Waals surface area contributed by atoms with Crippen molar-refractivity contribution in [1.82, 2.24) is 9.97 Å². The summed E-state index contributed by atoms with van der Waals surface area (Å²) in [6, 6.07) is 10.5. The number of benzene rings is 2. The Balaban J connectivity index is 1.79. The third-order valence-corrected chi connectivity index (χ3v) is 3.72. The standard InChI is InChI=1S/C16H11N3O3/c20-19(21)13-2-3-14-12(8-13)9-17-16(18-14)11-1-4-15-10(7-11)5-6-22-15/h1-4,7-9H,5-6H2. The van der Waals surface area contributed by atoms with Gasteiger partial charge in [-0.3, -0.25) is 10.1 Å². The number of hydrogen-bond donors (Lipinski definition) is 0. The first-order valence-electron chi connectivity index (χ1n) is 6.88. The van der Waals surface area contributed by atoms with Crippen molar-refractivity contribution in [2.45, 2.75) is 6.42 Å². The monoisotopic (exact) mass is 293 g/mol. The van der Waals surface area contributed by atoms with E-state index < -0.39 is 4.92 Å². The Labute approximate surface area is 125 Å². The van der Waals surface area contributed by atoms with Crippen LogP contribution in [0.25, 0.3) is 22.3 Å². The predicted octanol–water partition coefficient (Wildman–Crippen LogP) is 3.14. The van der Waals surface area contributed by atoms with Crippen molar-refractivity contribution >= 4 is 16.6 Å². The summed E-state index contributed by atoms with van der Waals surface area (Å²) >= 11 is 0. The van der Waals surface area contributed by atoms with Gasteiger partial charge in [-0.05, 0) is 29.8 Å². The molecule has 6 heteroatoms. The molecule has 0 fully saturated rings. The van der Waals surface area contributed by atoms with Crippen molar-refractivity contribution in [1.29, 1.82) is 0 Å². The first-order chi connectivity index (χ1) is 10.7. The minimum absolute atomic E-state index is 0.0403. The zero-order valence-corrected chi connectivity index (χ0v) is 11.5. The summed E-state index contributed by atoms with van der Waals surface area (Å²) in [6.45, 7) is 0.709. The van der Waals surface area contributed by atoms with E-state index in [-0.39, 0.29) is 5.69 Å². The predicted molar refractivity (Wildman–Crippen MR) is 80.8 cm³/mol. The Hall–Kier alpha value is -3.02. The average molecular weight is 293 g/mol. The van der Waals surface area contributed by atoms with Crippen LogP contribution in [-0.2, 0) is 6.42 Å². The summed E-state index contributed by atoms with van der Waals surface area (Å²) in [7, 11) is 0. The Kier molecular flexibility index (Phi) is 2.75. The van der Waals surface area contributed by atoms with Gasteiger partial charge in [0.2, 0.25) is 0 Å². The first kappa shape index (κ1) is 12.7. The van der Waals surface area contributed by atoms with Crippen LogP contribution in [-0.4, -0.2) is 21.5 Å². The van der Waals surface area contributed by atoms with Crippen LogP contribution in [0.3, 0.4) is 0 Å². The molecular weight excluding hydrogens is 282 g/mol. The molecule has 2 heterocycles. The summed E-state index contributed by atoms with van der Waals surface area (Å²) in [4.78, 5) is 19.2. The van der Waals surface area contributed by atoms with Gasteiger partial charge in [-0.1, -0.05) is 0 Å². The smallest absolute Gasteiger partial charge is 0.270 e. The highest BCUT2D eigenvalue weighted by molar-refractivity contribution is 5.82. The van der Waals surface area contributed by atoms with Crippen molar-refractivity contribution in [2.75, 3.05) is 6.61 Å². The van der Waals surface area contributed by atoms with Gasteiger partial charge in [0.05, 0.1) is 17.0 Å². The van der Waals surface area contributed by atoms with Crippen molar-refractivity contribution in [3.8, 4) is 17.1 Å². The Morgan fingerprint density at radius 2 is 2.09 bits per heavy atom. The molecule has 0 saturated carbocycles. The van der Waals surface area contributed by atoms with Crippen LogP contribution in [0.4, 0.5) is 5.69 Å². The Morgan fingerprint density at radius 3 is 2.95 bits per heavy atom. The van der Waals surface area contributed by atoms with Crippen molar-refractivity contribution < 1.29 is 9.66 Å². The third kappa shape index (κ3) is 2.05. The first-order valence-corrected chi connectivity index (χ1v) is 6.88. The van der Waals surface area contributed by atoms with Gasteiger partial charge in [-0.2, -0.15) is 0 Å². The lowest BCUT2D eigenvalue weighted by atomic mass is 10.1. The maximum atomic E-state index is 10.8. The molecule has 0 saturated heterocycles. The van der Waals surface area contributed by atoms with E-state index in [1.165, 1.54) is 12.1 Å². The molecule has 22 heavy (non-hydrogen) atoms. The highest BCUT2D eigenvalue weighted by Crippen LogP contribution is 2.30. The van der Waals surface area contributed by atoms with Gasteiger partial charge >= 0.3 is 0 Å². The van der Waals surface area contributed by atoms with Gasteiger partial charge in [0.15, 0.2) is 5.82 Å². The number of nitro groups is 1. The van der Waals surface area contributed by atoms with E-state index in [0.717, 1.165) is 23.3 Å². The zero-order chi connectivity index (χ0) is 15.1. The Bertz CT molecular complexity index is 908. The second-order valence-corrected chi connectivity index (χ2v) is 5.11. The minimum Gasteiger partial charge on any atom is -0.493 e. The molecular formula is C16H11N3O3. The van der Waals surface area contributed by atoms with Crippen LogP contribution in [0, 0.1) is 10.1 Å². The number of ether oxygens (including phenoxy) is 1. The number of nitro benzene ring substituents is 1. The van der Waals surface area contributed by atoms with Crippen LogP contribution in [0.2, 0.25) is 0 Å². The number of hydrogen-bond acceptors (Lipinski definition) is 5. The molecule has 0 N–H and O–H groups in total. The maximum Gasteiger partial charge on any atom is 0.270 e. The summed E-state index contributed by atoms with van der Waals surface area (Å²) in [5.74, 6) is 1.52. The average Bonchev–Trinajstić information content (AvgIpc) is 3.01. The quantitative estimate of drug-likeness (QED) is 0.535. The summed E-state index contributed by atoms with van der Waals surface area (Å²) in [5.41, 5.74) is 2.81. The molecule has 108 valence electrons. The van der Waals surface area contributed by atoms with Crippen LogP contribution in [0.1, 0.15) is 5.56 Å². The van der Waals surface area contributed by atoms with E-state index in [4.69, 9.17) is 4.74 Å². The molecule has 0 aliphatic carbocycles. The minimum atomic E-state index is -0.423. The van der Waals surface area contributed by atoms with E-state index in [1.807, 2.05) is 18.2 Å². The largest absolute Gasteiger partial charge is 0.493 e. The molecule has 2 aromatic carbocycles. The number of aromatic nitrogens is 2. The second-order valence-electron chi connectivity index (χ2n) is 5.11. The van der Waals surface area contributed by atoms with E-state index >= 15 is 0 Å². The highest BCUT2D eigenvalue weighted by Gasteiger charge is 2.14. The van der Waals surface area contributed by atoms with Crippen molar-refractivity contribution in [3.63, 3.8) is 0 Å². The molecule has 1 aromatic heterocycles. The van der Waals surface area contributed by atoms with E-state index in [2.05, 4.69) is 9.97 Å². The van der Waals surface area contributed by atoms with Crippen LogP contribution in [0.5, 0.6) is 5.75 Å². The maximum absolute atomic E-state index is 10.8. The molecule has 0 unspecified atom stereocenters. The molecule has 1 aliphatic rings. The van der Waals surface area contributed by atoms with Gasteiger partial charge < -0.3 is 4.74 Å². The topological polar surface area (TPSA) is 78.2 Å². The molecule has 0 atom stereocenters. The molecule has 4 rings (SSSR count). The lowest BCUT2D eigenvalue weighted by molar-refractivity contribution is -0.384. The molecule has 0 radical (unpaired) electrons. The van der Waals surface area contributed by atoms with Crippen molar-refractivity contribution in [3.05, 3.63) is 58.3 Å². The summed E-state index contributed by atoms with van der Waals surface area (Å²) < 4.78 is 5.49. The fourth-order valence-electron chi connectivity index (χ4n) is 2.60. The molecule has 6 nitrogen and oxygen atoms in total. The Morgan fingerprint density at radius 1 is 1.18 bits per heavy atom. The molecule has 0 spiro atoms. The van der Waals surface area contributed by atoms with Gasteiger partial charge in [0.25, 0.3) is 5.69 Å². The fourth-order valence-corrected chi connectivity index (χ4v) is 2.60. The van der Waals surface area contributed by atoms with Crippen LogP contribution in [0.15, 0.2) is 42.6 Å². The highest BCUT2D eigenvalue weighted by atomic mass is 16.6. The number of fused-ring (bicyclic) bond motifs is 2. The van der Waals surface area contributed by atoms with Gasteiger partial charge in [-0.25, -0.2) is 9.97 Å². The summed E-state index contributed by atoms with van der Waals surface area (Å²) in [6.07, 6.45) is 2.51.